The number of hydrogen-bond donors (Lipinski definition) is 7. The number of benzene rings is 4. The number of likely N-dealkylation sites (tertiary alicyclic amines) is 5. The first kappa shape index (κ1) is 102. The summed E-state index contributed by atoms with van der Waals surface area (Å²) >= 11 is 0. The minimum Gasteiger partial charge on any atom is -0.493 e. The highest BCUT2D eigenvalue weighted by atomic mass is 16.5. The SMILES string of the molecule is CC(=O)Nc1cccnc1.CCN1C=C(NC(C)=O)CCC1.CCN1CCCC(N(C/C(C)=C/c2ccccc2)C(=O)c2cc(OC)c(OC)c(OC)c2)C1.CCN1CCCC(N)C1.CCN1CCCC(NC(C)=O)C1.CCN1CCCC(NC/C(C)=C/c2ccccc2)C1.CCN1CCCC(NC/C(C)=C/c2ccccc2)C1.Nc1cccnc1. The molecule has 6 aromatic rings. The third-order valence-corrected chi connectivity index (χ3v) is 21.8. The number of anilines is 2. The van der Waals surface area contributed by atoms with Crippen LogP contribution in [0.4, 0.5) is 11.4 Å². The molecular formula is C98H152N16O7. The molecule has 0 radical (unpaired) electrons. The number of nitrogens with zero attached hydrogens (tertiary/aromatic N) is 9. The molecular weight excluding hydrogens is 1510 g/mol. The van der Waals surface area contributed by atoms with Gasteiger partial charge in [-0.2, -0.15) is 0 Å². The van der Waals surface area contributed by atoms with Crippen LogP contribution in [-0.2, 0) is 14.4 Å². The standard InChI is InChI=1S/C27H36N2O4.2C17H26N2.C9H18N2O.C9H16N2O.C7H8N2O.C7H16N2.C5H6N2/c1-6-28-14-10-13-23(19-28)29(18-20(2)15-21-11-8-7-9-12-21)27(30)22-16-24(31-3)26(33-5)25(17-22)32-4;2*1-3-19-11-7-10-17(14-19)18-13-15(2)12-16-8-5-4-6-9-16;2*1-3-11-6-4-5-9(7-11)10-8(2)12;1-6(10)9-7-3-2-4-8-5-7;1-2-9-5-3-4-7(8)6-9;6-5-2-1-3-7-4-5/h7-9,11-12,15-17,23H,6,10,13-14,18-19H2,1-5H3;2*4-6,8-9,12,17-18H,3,7,10-11,13-14H2,1-2H3;9H,3-7H2,1-2H3,(H,10,12);7H,3-6H2,1-2H3,(H,10,12);2-5H,1H3,(H,9,10);7H,2-6,8H2,1H3;1-4H,6H2/b20-15+;2*15-12+;;;;;. The van der Waals surface area contributed by atoms with Crippen molar-refractivity contribution in [2.24, 2.45) is 5.73 Å². The quantitative estimate of drug-likeness (QED) is 0.0281. The number of carbonyl (C=O) groups is 4. The summed E-state index contributed by atoms with van der Waals surface area (Å²) in [4.78, 5) is 70.0. The van der Waals surface area contributed by atoms with Gasteiger partial charge in [-0.15, -0.1) is 0 Å². The number of allylic oxidation sites excluding steroid dienone is 1. The Kier molecular flexibility index (Phi) is 50.9. The van der Waals surface area contributed by atoms with Crippen LogP contribution in [-0.4, -0.2) is 250 Å². The molecule has 666 valence electrons. The van der Waals surface area contributed by atoms with Gasteiger partial charge in [0.05, 0.1) is 38.9 Å². The molecule has 23 heteroatoms. The number of nitrogen functional groups attached to an aromatic ring is 1. The Hall–Kier alpha value is -9.30. The van der Waals surface area contributed by atoms with E-state index in [4.69, 9.17) is 25.7 Å². The van der Waals surface area contributed by atoms with Crippen molar-refractivity contribution in [3.05, 3.63) is 203 Å². The monoisotopic (exact) mass is 1670 g/mol. The second-order valence-electron chi connectivity index (χ2n) is 32.0. The van der Waals surface area contributed by atoms with Gasteiger partial charge in [0.1, 0.15) is 0 Å². The van der Waals surface area contributed by atoms with Gasteiger partial charge in [-0.05, 0) is 223 Å². The number of amides is 4. The Bertz CT molecular complexity index is 3850. The number of methoxy groups -OCH3 is 3. The van der Waals surface area contributed by atoms with Gasteiger partial charge in [0.2, 0.25) is 23.5 Å². The number of likely N-dealkylation sites (N-methyl/N-ethyl adjacent to an activating group) is 5. The Balaban J connectivity index is 0.000000259. The zero-order valence-corrected chi connectivity index (χ0v) is 76.3. The molecule has 0 saturated carbocycles. The van der Waals surface area contributed by atoms with Gasteiger partial charge in [0.15, 0.2) is 11.5 Å². The van der Waals surface area contributed by atoms with Crippen LogP contribution in [0.25, 0.3) is 18.2 Å². The number of aromatic nitrogens is 2. The van der Waals surface area contributed by atoms with Crippen molar-refractivity contribution in [1.29, 1.82) is 0 Å². The largest absolute Gasteiger partial charge is 0.493 e. The van der Waals surface area contributed by atoms with Crippen LogP contribution in [0.5, 0.6) is 17.2 Å². The summed E-state index contributed by atoms with van der Waals surface area (Å²) in [6.07, 6.45) is 29.6. The van der Waals surface area contributed by atoms with Crippen molar-refractivity contribution < 1.29 is 33.4 Å². The summed E-state index contributed by atoms with van der Waals surface area (Å²) in [5.41, 5.74) is 21.7. The van der Waals surface area contributed by atoms with E-state index in [0.717, 1.165) is 127 Å². The fourth-order valence-corrected chi connectivity index (χ4v) is 15.4. The molecule has 6 aliphatic rings. The normalized spacial score (nSPS) is 19.1. The number of pyridine rings is 2. The molecule has 0 spiro atoms. The van der Waals surface area contributed by atoms with Crippen molar-refractivity contribution in [2.75, 3.05) is 163 Å². The third kappa shape index (κ3) is 42.9. The van der Waals surface area contributed by atoms with E-state index < -0.39 is 0 Å². The average Bonchev–Trinajstić information content (AvgIpc) is 0.797. The van der Waals surface area contributed by atoms with Crippen molar-refractivity contribution in [3.8, 4) is 17.2 Å². The fourth-order valence-electron chi connectivity index (χ4n) is 15.4. The lowest BCUT2D eigenvalue weighted by Crippen LogP contribution is -2.50. The van der Waals surface area contributed by atoms with E-state index in [0.29, 0.717) is 59.2 Å². The Morgan fingerprint density at radius 1 is 0.471 bits per heavy atom. The van der Waals surface area contributed by atoms with Gasteiger partial charge < -0.3 is 86.6 Å². The van der Waals surface area contributed by atoms with Crippen LogP contribution in [0.3, 0.4) is 0 Å². The predicted molar refractivity (Wildman–Crippen MR) is 503 cm³/mol. The summed E-state index contributed by atoms with van der Waals surface area (Å²) < 4.78 is 16.4. The second-order valence-corrected chi connectivity index (χ2v) is 32.0. The lowest BCUT2D eigenvalue weighted by molar-refractivity contribution is -0.120. The minimum absolute atomic E-state index is 0.0270. The summed E-state index contributed by atoms with van der Waals surface area (Å²) in [5, 5.41) is 15.8. The van der Waals surface area contributed by atoms with E-state index in [1.54, 1.807) is 96.4 Å². The summed E-state index contributed by atoms with van der Waals surface area (Å²) in [7, 11) is 4.69. The van der Waals surface area contributed by atoms with Crippen LogP contribution in [0, 0.1) is 0 Å². The molecule has 121 heavy (non-hydrogen) atoms. The number of rotatable bonds is 25. The van der Waals surface area contributed by atoms with E-state index in [1.807, 2.05) is 29.3 Å². The highest BCUT2D eigenvalue weighted by Crippen LogP contribution is 2.39. The summed E-state index contributed by atoms with van der Waals surface area (Å²) in [6.45, 7) is 46.0. The molecule has 5 saturated heterocycles. The number of piperidine rings is 5. The molecule has 0 aliphatic carbocycles. The average molecular weight is 1670 g/mol. The molecule has 5 atom stereocenters. The highest BCUT2D eigenvalue weighted by Gasteiger charge is 2.31. The second kappa shape index (κ2) is 60.2. The summed E-state index contributed by atoms with van der Waals surface area (Å²) in [5.74, 6) is 1.47. The van der Waals surface area contributed by atoms with Gasteiger partial charge in [0, 0.05) is 152 Å². The van der Waals surface area contributed by atoms with Gasteiger partial charge in [-0.25, -0.2) is 0 Å². The highest BCUT2D eigenvalue weighted by molar-refractivity contribution is 5.96. The third-order valence-electron chi connectivity index (χ3n) is 21.8. The number of nitrogens with one attached hydrogen (secondary N) is 5. The van der Waals surface area contributed by atoms with Gasteiger partial charge >= 0.3 is 0 Å². The topological polar surface area (TPSA) is 257 Å². The number of carbonyl (C=O) groups excluding carboxylic acids is 4. The van der Waals surface area contributed by atoms with Crippen molar-refractivity contribution in [1.82, 2.24) is 65.5 Å². The predicted octanol–water partition coefficient (Wildman–Crippen LogP) is 14.9. The van der Waals surface area contributed by atoms with Crippen molar-refractivity contribution >= 4 is 53.2 Å². The van der Waals surface area contributed by atoms with E-state index in [1.165, 1.54) is 127 Å². The zero-order chi connectivity index (χ0) is 87.9. The molecule has 5 fully saturated rings. The van der Waals surface area contributed by atoms with Gasteiger partial charge in [0.25, 0.3) is 5.91 Å². The lowest BCUT2D eigenvalue weighted by Gasteiger charge is -2.39. The van der Waals surface area contributed by atoms with Crippen molar-refractivity contribution in [3.63, 3.8) is 0 Å². The maximum Gasteiger partial charge on any atom is 0.254 e. The summed E-state index contributed by atoms with van der Waals surface area (Å²) in [6, 6.07) is 44.3. The van der Waals surface area contributed by atoms with E-state index in [9.17, 15) is 19.2 Å². The molecule has 23 nitrogen and oxygen atoms in total. The fraction of sp³-hybridized carbons (Fsp3) is 0.531. The Morgan fingerprint density at radius 3 is 1.31 bits per heavy atom. The van der Waals surface area contributed by atoms with Gasteiger partial charge in [-0.1, -0.05) is 161 Å². The lowest BCUT2D eigenvalue weighted by atomic mass is 10.0. The first-order valence-electron chi connectivity index (χ1n) is 44.4. The van der Waals surface area contributed by atoms with E-state index in [2.05, 4.69) is 219 Å². The minimum atomic E-state index is -0.0759. The Labute approximate surface area is 727 Å². The van der Waals surface area contributed by atoms with Crippen LogP contribution in [0.1, 0.15) is 187 Å². The van der Waals surface area contributed by atoms with Gasteiger partial charge in [-0.3, -0.25) is 29.1 Å². The van der Waals surface area contributed by atoms with Crippen LogP contribution >= 0.6 is 0 Å². The molecule has 2 aromatic heterocycles. The molecule has 5 unspecified atom stereocenters. The van der Waals surface area contributed by atoms with E-state index in [-0.39, 0.29) is 29.7 Å². The first-order valence-corrected chi connectivity index (χ1v) is 44.4. The number of ether oxygens (including phenoxy) is 3. The van der Waals surface area contributed by atoms with Crippen LogP contribution < -0.4 is 52.3 Å². The molecule has 6 aliphatic heterocycles. The Morgan fingerprint density at radius 2 is 0.909 bits per heavy atom. The van der Waals surface area contributed by atoms with Crippen LogP contribution in [0.2, 0.25) is 0 Å². The molecule has 8 heterocycles. The van der Waals surface area contributed by atoms with Crippen molar-refractivity contribution in [2.45, 2.75) is 190 Å². The molecule has 12 rings (SSSR count). The maximum atomic E-state index is 13.9. The smallest absolute Gasteiger partial charge is 0.254 e. The molecule has 0 bridgehead atoms. The van der Waals surface area contributed by atoms with E-state index >= 15 is 0 Å². The number of nitrogens with two attached hydrogens (primary N) is 2. The number of hydrogen-bond acceptors (Lipinski definition) is 19. The first-order chi connectivity index (χ1) is 58.5. The molecule has 4 aromatic carbocycles. The zero-order valence-electron chi connectivity index (χ0n) is 76.3. The maximum absolute atomic E-state index is 13.9. The molecule has 9 N–H and O–H groups in total. The molecule has 4 amide bonds. The van der Waals surface area contributed by atoms with Crippen LogP contribution in [0.15, 0.2) is 181 Å².